The fourth-order valence-corrected chi connectivity index (χ4v) is 10.9. The lowest BCUT2D eigenvalue weighted by molar-refractivity contribution is -0.888. The van der Waals surface area contributed by atoms with Crippen molar-refractivity contribution < 1.29 is 13.5 Å². The summed E-state index contributed by atoms with van der Waals surface area (Å²) in [6.45, 7) is 7.96. The molecule has 6 rings (SSSR count). The molecule has 0 radical (unpaired) electrons. The third kappa shape index (κ3) is 13.5. The highest BCUT2D eigenvalue weighted by atomic mass is 33.1. The van der Waals surface area contributed by atoms with Crippen molar-refractivity contribution in [3.8, 4) is 0 Å². The van der Waals surface area contributed by atoms with Gasteiger partial charge >= 0.3 is 0 Å². The molecule has 0 saturated heterocycles. The average molecular weight is 870 g/mol. The molecule has 1 aromatic heterocycles. The molecule has 0 spiro atoms. The second-order valence-electron chi connectivity index (χ2n) is 18.5. The Morgan fingerprint density at radius 1 is 0.581 bits per heavy atom. The highest BCUT2D eigenvalue weighted by Crippen LogP contribution is 2.31. The number of unbranched alkanes of at least 4 members (excludes halogenated alkanes) is 2. The maximum Gasteiger partial charge on any atom is 0.205 e. The number of aryl methyl sites for hydroxylation is 1. The summed E-state index contributed by atoms with van der Waals surface area (Å²) in [5.74, 6) is 2.40. The van der Waals surface area contributed by atoms with Gasteiger partial charge in [0.25, 0.3) is 0 Å². The van der Waals surface area contributed by atoms with Crippen LogP contribution in [-0.4, -0.2) is 121 Å². The van der Waals surface area contributed by atoms with E-state index in [1.54, 1.807) is 0 Å². The van der Waals surface area contributed by atoms with Crippen LogP contribution < -0.4 is 14.4 Å². The third-order valence-corrected chi connectivity index (χ3v) is 14.6. The molecule has 0 atom stereocenters. The van der Waals surface area contributed by atoms with E-state index in [1.807, 2.05) is 0 Å². The van der Waals surface area contributed by atoms with Crippen LogP contribution in [0.4, 0.5) is 11.4 Å². The third-order valence-electron chi connectivity index (χ3n) is 12.3. The van der Waals surface area contributed by atoms with Crippen LogP contribution in [0.5, 0.6) is 0 Å². The van der Waals surface area contributed by atoms with E-state index < -0.39 is 0 Å². The monoisotopic (exact) mass is 870 g/mol. The molecule has 0 fully saturated rings. The molecule has 0 bridgehead atoms. The van der Waals surface area contributed by atoms with Crippen molar-refractivity contribution in [3.05, 3.63) is 144 Å². The summed E-state index contributed by atoms with van der Waals surface area (Å²) >= 11 is 0. The zero-order chi connectivity index (χ0) is 44.0. The predicted octanol–water partition coefficient (Wildman–Crippen LogP) is 11.1. The summed E-state index contributed by atoms with van der Waals surface area (Å²) in [5.41, 5.74) is 7.59. The van der Waals surface area contributed by atoms with Gasteiger partial charge in [-0.15, -0.1) is 0 Å². The van der Waals surface area contributed by atoms with Crippen molar-refractivity contribution in [2.45, 2.75) is 32.2 Å². The smallest absolute Gasteiger partial charge is 0.205 e. The summed E-state index contributed by atoms with van der Waals surface area (Å²) in [7, 11) is 22.2. The summed E-state index contributed by atoms with van der Waals surface area (Å²) < 4.78 is 4.58. The molecule has 0 N–H and O–H groups in total. The van der Waals surface area contributed by atoms with Crippen molar-refractivity contribution in [2.24, 2.45) is 0 Å². The van der Waals surface area contributed by atoms with Gasteiger partial charge in [0.2, 0.25) is 5.69 Å². The van der Waals surface area contributed by atoms with Gasteiger partial charge in [0.1, 0.15) is 6.54 Å². The fraction of sp³-hybridized carbons (Fsp3) is 0.389. The Bertz CT molecular complexity index is 2340. The minimum atomic E-state index is 0.982. The van der Waals surface area contributed by atoms with Crippen LogP contribution in [-0.2, 0) is 6.54 Å². The first-order valence-electron chi connectivity index (χ1n) is 22.6. The van der Waals surface area contributed by atoms with Crippen molar-refractivity contribution >= 4 is 72.7 Å². The lowest BCUT2D eigenvalue weighted by Crippen LogP contribution is -2.43. The summed E-state index contributed by atoms with van der Waals surface area (Å²) in [6, 6.07) is 33.0. The lowest BCUT2D eigenvalue weighted by atomic mass is 10.0. The molecule has 0 aliphatic carbocycles. The van der Waals surface area contributed by atoms with E-state index in [2.05, 4.69) is 237 Å². The first kappa shape index (κ1) is 47.0. The van der Waals surface area contributed by atoms with E-state index in [0.29, 0.717) is 0 Å². The quantitative estimate of drug-likeness (QED) is 0.0280. The number of hydrogen-bond donors (Lipinski definition) is 0. The minimum Gasteiger partial charge on any atom is -0.377 e. The largest absolute Gasteiger partial charge is 0.377 e. The number of aromatic nitrogens is 1. The van der Waals surface area contributed by atoms with Gasteiger partial charge in [-0.3, -0.25) is 0 Å². The summed E-state index contributed by atoms with van der Waals surface area (Å²) in [5, 5.41) is 5.18. The number of pyridine rings is 1. The zero-order valence-electron chi connectivity index (χ0n) is 39.0. The molecular weight excluding hydrogens is 797 g/mol. The van der Waals surface area contributed by atoms with Gasteiger partial charge in [-0.2, -0.15) is 4.57 Å². The molecule has 328 valence electrons. The van der Waals surface area contributed by atoms with Gasteiger partial charge in [0.05, 0.1) is 65.9 Å². The number of nitrogens with zero attached hydrogens (tertiary/aromatic N) is 6. The molecule has 6 nitrogen and oxygen atoms in total. The van der Waals surface area contributed by atoms with Crippen LogP contribution in [0, 0.1) is 0 Å². The minimum absolute atomic E-state index is 0.982. The van der Waals surface area contributed by atoms with Crippen LogP contribution in [0.2, 0.25) is 0 Å². The van der Waals surface area contributed by atoms with Crippen LogP contribution in [0.25, 0.3) is 39.8 Å². The SMILES string of the molecule is CN(C)c1ccc(/C=C/C2=CC=CCN2CCCC[N+](C)(C)CCSSCC[N+](C)(C)CCCC[n+]2ccccc2/C=C/c2ccc(N(C)C)c3ccccc23)c2ccccc12. The van der Waals surface area contributed by atoms with Crippen molar-refractivity contribution in [1.82, 2.24) is 4.90 Å². The van der Waals surface area contributed by atoms with E-state index in [1.165, 1.54) is 119 Å². The maximum atomic E-state index is 2.53. The molecule has 8 heteroatoms. The highest BCUT2D eigenvalue weighted by molar-refractivity contribution is 8.76. The van der Waals surface area contributed by atoms with E-state index in [-0.39, 0.29) is 0 Å². The van der Waals surface area contributed by atoms with Crippen LogP contribution in [0.15, 0.2) is 127 Å². The van der Waals surface area contributed by atoms with Gasteiger partial charge in [0.15, 0.2) is 6.20 Å². The normalized spacial score (nSPS) is 13.5. The maximum absolute atomic E-state index is 2.53. The van der Waals surface area contributed by atoms with Gasteiger partial charge < -0.3 is 23.7 Å². The van der Waals surface area contributed by atoms with Crippen molar-refractivity contribution in [3.63, 3.8) is 0 Å². The molecule has 0 unspecified atom stereocenters. The Labute approximate surface area is 382 Å². The lowest BCUT2D eigenvalue weighted by Gasteiger charge is -2.31. The van der Waals surface area contributed by atoms with Gasteiger partial charge in [0, 0.05) is 100 Å². The van der Waals surface area contributed by atoms with Crippen molar-refractivity contribution in [1.29, 1.82) is 0 Å². The highest BCUT2D eigenvalue weighted by Gasteiger charge is 2.18. The van der Waals surface area contributed by atoms with E-state index >= 15 is 0 Å². The summed E-state index contributed by atoms with van der Waals surface area (Å²) in [6.07, 6.45) is 23.0. The summed E-state index contributed by atoms with van der Waals surface area (Å²) in [4.78, 5) is 6.92. The van der Waals surface area contributed by atoms with Crippen LogP contribution >= 0.6 is 21.6 Å². The fourth-order valence-electron chi connectivity index (χ4n) is 8.40. The van der Waals surface area contributed by atoms with E-state index in [0.717, 1.165) is 28.6 Å². The molecule has 1 aliphatic heterocycles. The van der Waals surface area contributed by atoms with Gasteiger partial charge in [-0.05, 0) is 71.2 Å². The van der Waals surface area contributed by atoms with Crippen LogP contribution in [0.3, 0.4) is 0 Å². The first-order valence-corrected chi connectivity index (χ1v) is 25.1. The number of quaternary nitrogens is 2. The number of allylic oxidation sites excluding steroid dienone is 3. The second kappa shape index (κ2) is 22.8. The van der Waals surface area contributed by atoms with Crippen LogP contribution in [0.1, 0.15) is 42.5 Å². The Balaban J connectivity index is 0.856. The molecule has 2 heterocycles. The van der Waals surface area contributed by atoms with E-state index in [4.69, 9.17) is 0 Å². The standard InChI is InChI=1S/C54H73N6S2/c1-55(2)53-33-29-45(49-23-9-11-25-51(49)53)27-31-47-21-13-15-35-57(47)37-17-19-39-59(5,6)41-43-61-62-44-42-60(7,8)40-20-18-38-58-36-16-14-22-48(58)32-28-46-30-34-54(56(3)4)52-26-12-10-24-50(46)52/h9-16,21-35H,17-20,36-44H2,1-8H3/q+3/b32-28+. The second-order valence-corrected chi connectivity index (χ2v) is 21.2. The molecule has 0 amide bonds. The number of anilines is 2. The Morgan fingerprint density at radius 3 is 1.69 bits per heavy atom. The van der Waals surface area contributed by atoms with Crippen molar-refractivity contribution in [2.75, 3.05) is 117 Å². The Kier molecular flexibility index (Phi) is 17.3. The number of rotatable bonds is 23. The van der Waals surface area contributed by atoms with Gasteiger partial charge in [-0.25, -0.2) is 0 Å². The Hall–Kier alpha value is -4.47. The number of hydrogen-bond acceptors (Lipinski definition) is 5. The molecule has 4 aromatic carbocycles. The Morgan fingerprint density at radius 2 is 1.11 bits per heavy atom. The number of fused-ring (bicyclic) bond motifs is 2. The molecule has 5 aromatic rings. The first-order chi connectivity index (χ1) is 29.9. The van der Waals surface area contributed by atoms with E-state index in [9.17, 15) is 0 Å². The molecule has 1 aliphatic rings. The topological polar surface area (TPSA) is 13.6 Å². The molecular formula is C54H73N6S2+3. The predicted molar refractivity (Wildman–Crippen MR) is 277 cm³/mol. The number of benzene rings is 4. The molecule has 62 heavy (non-hydrogen) atoms. The van der Waals surface area contributed by atoms with Gasteiger partial charge in [-0.1, -0.05) is 100 Å². The molecule has 0 saturated carbocycles. The zero-order valence-corrected chi connectivity index (χ0v) is 40.6. The average Bonchev–Trinajstić information content (AvgIpc) is 3.26.